The molecule has 0 radical (unpaired) electrons. The van der Waals surface area contributed by atoms with Crippen molar-refractivity contribution in [2.75, 3.05) is 6.61 Å². The summed E-state index contributed by atoms with van der Waals surface area (Å²) in [5.74, 6) is -0.285. The highest BCUT2D eigenvalue weighted by Gasteiger charge is 2.09. The number of hydrogen-bond acceptors (Lipinski definition) is 4. The van der Waals surface area contributed by atoms with Crippen LogP contribution in [0.1, 0.15) is 29.3 Å². The van der Waals surface area contributed by atoms with Crippen LogP contribution in [0.2, 0.25) is 0 Å². The van der Waals surface area contributed by atoms with Crippen LogP contribution in [0.5, 0.6) is 0 Å². The van der Waals surface area contributed by atoms with Gasteiger partial charge in [0.2, 0.25) is 0 Å². The Morgan fingerprint density at radius 1 is 1.18 bits per heavy atom. The molecule has 0 aliphatic heterocycles. The lowest BCUT2D eigenvalue weighted by Crippen LogP contribution is -2.07. The molecule has 0 bridgehead atoms. The third kappa shape index (κ3) is 2.98. The molecule has 0 atom stereocenters. The molecule has 0 aliphatic rings. The molecule has 0 aliphatic carbocycles. The van der Waals surface area contributed by atoms with E-state index in [0.29, 0.717) is 18.7 Å². The van der Waals surface area contributed by atoms with Gasteiger partial charge in [0.05, 0.1) is 24.2 Å². The monoisotopic (exact) mass is 295 g/mol. The van der Waals surface area contributed by atoms with Crippen LogP contribution in [-0.2, 0) is 11.3 Å². The van der Waals surface area contributed by atoms with Crippen molar-refractivity contribution in [3.8, 4) is 0 Å². The fourth-order valence-corrected chi connectivity index (χ4v) is 2.28. The minimum absolute atomic E-state index is 0.285. The van der Waals surface area contributed by atoms with Gasteiger partial charge in [0.15, 0.2) is 0 Å². The first-order valence-electron chi connectivity index (χ1n) is 7.32. The van der Waals surface area contributed by atoms with Crippen molar-refractivity contribution < 1.29 is 9.53 Å². The molecule has 5 heteroatoms. The molecular weight excluding hydrogens is 278 g/mol. The van der Waals surface area contributed by atoms with Gasteiger partial charge in [-0.25, -0.2) is 9.48 Å². The Kier molecular flexibility index (Phi) is 4.14. The lowest BCUT2D eigenvalue weighted by molar-refractivity contribution is 0.0505. The van der Waals surface area contributed by atoms with Crippen molar-refractivity contribution in [2.24, 2.45) is 0 Å². The number of para-hydroxylation sites is 1. The van der Waals surface area contributed by atoms with E-state index in [1.165, 1.54) is 0 Å². The molecular formula is C17H17N3O2. The Morgan fingerprint density at radius 2 is 2.05 bits per heavy atom. The maximum Gasteiger partial charge on any atom is 0.338 e. The number of benzene rings is 2. The Balaban J connectivity index is 1.82. The zero-order valence-electron chi connectivity index (χ0n) is 12.4. The molecule has 0 saturated heterocycles. The molecule has 3 aromatic rings. The molecule has 0 fully saturated rings. The molecule has 0 unspecified atom stereocenters. The molecule has 0 N–H and O–H groups in total. The number of carbonyl (C=O) groups excluding carboxylic acids is 1. The fraction of sp³-hybridized carbons (Fsp3) is 0.235. The third-order valence-corrected chi connectivity index (χ3v) is 3.35. The lowest BCUT2D eigenvalue weighted by atomic mass is 10.1. The number of aromatic nitrogens is 3. The van der Waals surface area contributed by atoms with Crippen LogP contribution >= 0.6 is 0 Å². The first-order chi connectivity index (χ1) is 10.8. The molecule has 0 amide bonds. The van der Waals surface area contributed by atoms with Crippen LogP contribution in [0.15, 0.2) is 48.5 Å². The molecule has 1 heterocycles. The van der Waals surface area contributed by atoms with Crippen LogP contribution in [0, 0.1) is 0 Å². The van der Waals surface area contributed by atoms with Crippen molar-refractivity contribution in [3.05, 3.63) is 59.7 Å². The predicted molar refractivity (Wildman–Crippen MR) is 83.6 cm³/mol. The fourth-order valence-electron chi connectivity index (χ4n) is 2.28. The van der Waals surface area contributed by atoms with Crippen LogP contribution in [0.4, 0.5) is 0 Å². The van der Waals surface area contributed by atoms with Gasteiger partial charge in [-0.15, -0.1) is 5.10 Å². The summed E-state index contributed by atoms with van der Waals surface area (Å²) in [6.45, 7) is 2.98. The number of ether oxygens (including phenoxy) is 1. The second-order valence-electron chi connectivity index (χ2n) is 5.07. The summed E-state index contributed by atoms with van der Waals surface area (Å²) in [5, 5.41) is 8.30. The highest BCUT2D eigenvalue weighted by atomic mass is 16.5. The van der Waals surface area contributed by atoms with Crippen molar-refractivity contribution in [3.63, 3.8) is 0 Å². The van der Waals surface area contributed by atoms with Crippen LogP contribution in [0.25, 0.3) is 11.0 Å². The van der Waals surface area contributed by atoms with E-state index in [1.807, 2.05) is 54.1 Å². The molecule has 2 aromatic carbocycles. The zero-order chi connectivity index (χ0) is 15.4. The standard InChI is InChI=1S/C17H17N3O2/c1-2-10-22-17(21)14-7-5-6-13(11-14)12-20-16-9-4-3-8-15(16)18-19-20/h3-9,11H,2,10,12H2,1H3. The molecule has 0 spiro atoms. The summed E-state index contributed by atoms with van der Waals surface area (Å²) in [6, 6.07) is 15.2. The quantitative estimate of drug-likeness (QED) is 0.679. The smallest absolute Gasteiger partial charge is 0.338 e. The Hall–Kier alpha value is -2.69. The highest BCUT2D eigenvalue weighted by molar-refractivity contribution is 5.89. The molecule has 112 valence electrons. The first-order valence-corrected chi connectivity index (χ1v) is 7.32. The minimum Gasteiger partial charge on any atom is -0.462 e. The first kappa shape index (κ1) is 14.3. The van der Waals surface area contributed by atoms with E-state index in [0.717, 1.165) is 23.0 Å². The Morgan fingerprint density at radius 3 is 2.91 bits per heavy atom. The third-order valence-electron chi connectivity index (χ3n) is 3.35. The van der Waals surface area contributed by atoms with Crippen molar-refractivity contribution in [2.45, 2.75) is 19.9 Å². The van der Waals surface area contributed by atoms with Gasteiger partial charge in [-0.1, -0.05) is 36.4 Å². The van der Waals surface area contributed by atoms with Crippen molar-refractivity contribution in [1.29, 1.82) is 0 Å². The second kappa shape index (κ2) is 6.39. The van der Waals surface area contributed by atoms with Gasteiger partial charge >= 0.3 is 5.97 Å². The van der Waals surface area contributed by atoms with Gasteiger partial charge in [-0.3, -0.25) is 0 Å². The Bertz CT molecular complexity index is 795. The summed E-state index contributed by atoms with van der Waals surface area (Å²) in [6.07, 6.45) is 0.816. The normalized spacial score (nSPS) is 10.8. The Labute approximate surface area is 128 Å². The molecule has 5 nitrogen and oxygen atoms in total. The van der Waals surface area contributed by atoms with Crippen molar-refractivity contribution in [1.82, 2.24) is 15.0 Å². The average Bonchev–Trinajstić information content (AvgIpc) is 2.96. The average molecular weight is 295 g/mol. The number of hydrogen-bond donors (Lipinski definition) is 0. The van der Waals surface area contributed by atoms with Gasteiger partial charge < -0.3 is 4.74 Å². The minimum atomic E-state index is -0.285. The number of nitrogens with zero attached hydrogens (tertiary/aromatic N) is 3. The maximum absolute atomic E-state index is 11.9. The predicted octanol–water partition coefficient (Wildman–Crippen LogP) is 3.05. The molecule has 3 rings (SSSR count). The number of esters is 1. The number of carbonyl (C=O) groups is 1. The van der Waals surface area contributed by atoms with Crippen molar-refractivity contribution >= 4 is 17.0 Å². The van der Waals surface area contributed by atoms with Gasteiger partial charge in [-0.05, 0) is 36.2 Å². The van der Waals surface area contributed by atoms with E-state index in [4.69, 9.17) is 4.74 Å². The van der Waals surface area contributed by atoms with E-state index in [2.05, 4.69) is 10.3 Å². The maximum atomic E-state index is 11.9. The number of fused-ring (bicyclic) bond motifs is 1. The largest absolute Gasteiger partial charge is 0.462 e. The summed E-state index contributed by atoms with van der Waals surface area (Å²) in [7, 11) is 0. The molecule has 0 saturated carbocycles. The summed E-state index contributed by atoms with van der Waals surface area (Å²) in [5.41, 5.74) is 3.39. The SMILES string of the molecule is CCCOC(=O)c1cccc(Cn2nnc3ccccc32)c1. The molecule has 22 heavy (non-hydrogen) atoms. The van der Waals surface area contributed by atoms with E-state index in [-0.39, 0.29) is 5.97 Å². The second-order valence-corrected chi connectivity index (χ2v) is 5.07. The van der Waals surface area contributed by atoms with Gasteiger partial charge in [0.1, 0.15) is 5.52 Å². The molecule has 1 aromatic heterocycles. The summed E-state index contributed by atoms with van der Waals surface area (Å²) >= 11 is 0. The van der Waals surface area contributed by atoms with E-state index in [9.17, 15) is 4.79 Å². The topological polar surface area (TPSA) is 57.0 Å². The number of rotatable bonds is 5. The van der Waals surface area contributed by atoms with Crippen LogP contribution in [-0.4, -0.2) is 27.6 Å². The highest BCUT2D eigenvalue weighted by Crippen LogP contribution is 2.13. The van der Waals surface area contributed by atoms with E-state index < -0.39 is 0 Å². The lowest BCUT2D eigenvalue weighted by Gasteiger charge is -2.06. The van der Waals surface area contributed by atoms with Gasteiger partial charge in [0, 0.05) is 0 Å². The van der Waals surface area contributed by atoms with E-state index in [1.54, 1.807) is 6.07 Å². The summed E-state index contributed by atoms with van der Waals surface area (Å²) in [4.78, 5) is 11.9. The van der Waals surface area contributed by atoms with E-state index >= 15 is 0 Å². The van der Waals surface area contributed by atoms with Crippen LogP contribution in [0.3, 0.4) is 0 Å². The zero-order valence-corrected chi connectivity index (χ0v) is 12.4. The summed E-state index contributed by atoms with van der Waals surface area (Å²) < 4.78 is 6.99. The van der Waals surface area contributed by atoms with Gasteiger partial charge in [0.25, 0.3) is 0 Å². The van der Waals surface area contributed by atoms with Gasteiger partial charge in [-0.2, -0.15) is 0 Å². The van der Waals surface area contributed by atoms with Crippen LogP contribution < -0.4 is 0 Å².